The van der Waals surface area contributed by atoms with E-state index < -0.39 is 28.7 Å². The maximum atomic E-state index is 14.0. The van der Waals surface area contributed by atoms with Gasteiger partial charge in [0.1, 0.15) is 0 Å². The number of carbonyl (C=O) groups excluding carboxylic acids is 1. The van der Waals surface area contributed by atoms with Crippen LogP contribution >= 0.6 is 11.6 Å². The Balaban J connectivity index is 1.57. The molecule has 2 aliphatic heterocycles. The Hall–Kier alpha value is -2.35. The first kappa shape index (κ1) is 18.0. The molecule has 9 heteroatoms. The molecule has 2 atom stereocenters. The molecule has 0 saturated carbocycles. The van der Waals surface area contributed by atoms with Crippen LogP contribution in [0.4, 0.5) is 28.0 Å². The zero-order valence-corrected chi connectivity index (χ0v) is 14.6. The van der Waals surface area contributed by atoms with Crippen LogP contribution in [0.1, 0.15) is 35.6 Å². The highest BCUT2D eigenvalue weighted by Gasteiger charge is 2.43. The normalized spacial score (nSPS) is 21.1. The second kappa shape index (κ2) is 6.37. The Morgan fingerprint density at radius 1 is 1.26 bits per heavy atom. The molecule has 2 bridgehead atoms. The molecule has 142 valence electrons. The molecule has 2 aliphatic rings. The molecule has 2 aromatic rings. The van der Waals surface area contributed by atoms with Gasteiger partial charge in [0.2, 0.25) is 5.95 Å². The second-order valence-corrected chi connectivity index (χ2v) is 7.06. The number of halogens is 5. The number of anilines is 1. The average Bonchev–Trinajstić information content (AvgIpc) is 2.90. The Morgan fingerprint density at radius 3 is 2.74 bits per heavy atom. The fraction of sp³-hybridized carbons (Fsp3) is 0.333. The van der Waals surface area contributed by atoms with Crippen molar-refractivity contribution in [1.82, 2.24) is 9.88 Å². The van der Waals surface area contributed by atoms with E-state index in [1.807, 2.05) is 0 Å². The lowest BCUT2D eigenvalue weighted by Crippen LogP contribution is -2.44. The molecular weight excluding hydrogens is 386 g/mol. The van der Waals surface area contributed by atoms with Crippen molar-refractivity contribution in [3.05, 3.63) is 58.1 Å². The molecule has 0 aliphatic carbocycles. The van der Waals surface area contributed by atoms with Crippen molar-refractivity contribution in [2.24, 2.45) is 0 Å². The lowest BCUT2D eigenvalue weighted by molar-refractivity contribution is -0.137. The summed E-state index contributed by atoms with van der Waals surface area (Å²) in [5, 5.41) is 2.12. The number of alkyl halides is 3. The third kappa shape index (κ3) is 3.12. The average molecular weight is 400 g/mol. The third-order valence-corrected chi connectivity index (χ3v) is 5.41. The summed E-state index contributed by atoms with van der Waals surface area (Å²) < 4.78 is 52.4. The number of nitrogens with zero attached hydrogens (tertiary/aromatic N) is 2. The van der Waals surface area contributed by atoms with E-state index in [1.54, 1.807) is 11.0 Å². The van der Waals surface area contributed by atoms with Gasteiger partial charge in [-0.25, -0.2) is 9.78 Å². The lowest BCUT2D eigenvalue weighted by atomic mass is 9.95. The monoisotopic (exact) mass is 399 g/mol. The van der Waals surface area contributed by atoms with Crippen molar-refractivity contribution < 1.29 is 22.4 Å². The van der Waals surface area contributed by atoms with Crippen LogP contribution in [-0.4, -0.2) is 22.0 Å². The number of fused-ring (bicyclic) bond motifs is 4. The molecular formula is C18H14ClF4N3O. The minimum Gasteiger partial charge on any atom is -0.314 e. The van der Waals surface area contributed by atoms with Crippen molar-refractivity contribution in [2.75, 3.05) is 5.32 Å². The molecule has 4 nitrogen and oxygen atoms in total. The van der Waals surface area contributed by atoms with Crippen LogP contribution < -0.4 is 5.32 Å². The summed E-state index contributed by atoms with van der Waals surface area (Å²) in [5.74, 6) is -0.515. The molecule has 1 N–H and O–H groups in total. The number of nitrogens with one attached hydrogen (secondary N) is 1. The van der Waals surface area contributed by atoms with Gasteiger partial charge >= 0.3 is 12.2 Å². The summed E-state index contributed by atoms with van der Waals surface area (Å²) in [7, 11) is 0. The fourth-order valence-corrected chi connectivity index (χ4v) is 4.23. The fourth-order valence-electron chi connectivity index (χ4n) is 3.94. The second-order valence-electron chi connectivity index (χ2n) is 6.65. The summed E-state index contributed by atoms with van der Waals surface area (Å²) in [5.41, 5.74) is 0.477. The Kier molecular flexibility index (Phi) is 4.25. The van der Waals surface area contributed by atoms with Crippen molar-refractivity contribution in [1.29, 1.82) is 0 Å². The molecule has 2 amide bonds. The minimum absolute atomic E-state index is 0.170. The number of pyridine rings is 1. The van der Waals surface area contributed by atoms with E-state index in [-0.39, 0.29) is 17.8 Å². The van der Waals surface area contributed by atoms with Crippen LogP contribution in [-0.2, 0) is 12.6 Å². The highest BCUT2D eigenvalue weighted by molar-refractivity contribution is 6.31. The highest BCUT2D eigenvalue weighted by Crippen LogP contribution is 2.44. The van der Waals surface area contributed by atoms with E-state index in [9.17, 15) is 22.4 Å². The molecule has 1 fully saturated rings. The number of aromatic nitrogens is 1. The van der Waals surface area contributed by atoms with E-state index in [0.717, 1.165) is 30.2 Å². The molecule has 1 saturated heterocycles. The van der Waals surface area contributed by atoms with Gasteiger partial charge in [-0.1, -0.05) is 11.6 Å². The number of hydrogen-bond acceptors (Lipinski definition) is 2. The molecule has 0 spiro atoms. The first-order chi connectivity index (χ1) is 12.8. The number of carbonyl (C=O) groups is 1. The molecule has 1 aromatic carbocycles. The molecule has 4 rings (SSSR count). The molecule has 0 radical (unpaired) electrons. The quantitative estimate of drug-likeness (QED) is 0.530. The first-order valence-corrected chi connectivity index (χ1v) is 8.73. The van der Waals surface area contributed by atoms with Crippen LogP contribution in [0, 0.1) is 5.95 Å². The van der Waals surface area contributed by atoms with E-state index in [2.05, 4.69) is 10.3 Å². The maximum Gasteiger partial charge on any atom is 0.417 e. The van der Waals surface area contributed by atoms with Gasteiger partial charge in [0.05, 0.1) is 16.6 Å². The number of rotatable bonds is 1. The van der Waals surface area contributed by atoms with Gasteiger partial charge in [0.15, 0.2) is 0 Å². The molecule has 0 unspecified atom stereocenters. The van der Waals surface area contributed by atoms with Gasteiger partial charge in [0.25, 0.3) is 0 Å². The van der Waals surface area contributed by atoms with Gasteiger partial charge in [0, 0.05) is 23.5 Å². The molecule has 27 heavy (non-hydrogen) atoms. The number of amides is 2. The number of urea groups is 1. The lowest BCUT2D eigenvalue weighted by Gasteiger charge is -2.36. The van der Waals surface area contributed by atoms with Crippen molar-refractivity contribution >= 4 is 23.3 Å². The summed E-state index contributed by atoms with van der Waals surface area (Å²) in [6.07, 6.45) is -1.40. The van der Waals surface area contributed by atoms with Crippen molar-refractivity contribution in [3.8, 4) is 0 Å². The summed E-state index contributed by atoms with van der Waals surface area (Å²) in [6.45, 7) is 0. The topological polar surface area (TPSA) is 45.2 Å². The van der Waals surface area contributed by atoms with Gasteiger partial charge in [-0.2, -0.15) is 17.6 Å². The highest BCUT2D eigenvalue weighted by atomic mass is 35.5. The zero-order valence-electron chi connectivity index (χ0n) is 13.9. The number of benzene rings is 1. The smallest absolute Gasteiger partial charge is 0.314 e. The van der Waals surface area contributed by atoms with Crippen LogP contribution in [0.5, 0.6) is 0 Å². The van der Waals surface area contributed by atoms with Crippen molar-refractivity contribution in [3.63, 3.8) is 0 Å². The van der Waals surface area contributed by atoms with Gasteiger partial charge < -0.3 is 10.2 Å². The third-order valence-electron chi connectivity index (χ3n) is 5.10. The molecule has 3 heterocycles. The summed E-state index contributed by atoms with van der Waals surface area (Å²) in [6, 6.07) is 3.88. The predicted octanol–water partition coefficient (Wildman–Crippen LogP) is 5.19. The maximum absolute atomic E-state index is 14.0. The van der Waals surface area contributed by atoms with Crippen LogP contribution in [0.25, 0.3) is 0 Å². The zero-order chi connectivity index (χ0) is 19.3. The van der Waals surface area contributed by atoms with Gasteiger partial charge in [-0.3, -0.25) is 0 Å². The van der Waals surface area contributed by atoms with E-state index in [1.165, 1.54) is 6.20 Å². The molecule has 1 aromatic heterocycles. The summed E-state index contributed by atoms with van der Waals surface area (Å²) in [4.78, 5) is 18.1. The SMILES string of the molecule is O=C(Nc1ccc(C(F)(F)F)c(Cl)c1)N1[C@@H]2CC[C@H]1c1ccnc(F)c1C2. The Morgan fingerprint density at radius 2 is 2.04 bits per heavy atom. The standard InChI is InChI=1S/C18H14ClF4N3O/c19-14-7-9(1-3-13(14)18(21,22)23)25-17(27)26-10-2-4-15(26)11-5-6-24-16(20)12(11)8-10/h1,3,5-7,10,15H,2,4,8H2,(H,25,27)/t10-,15+/m1/s1. The van der Waals surface area contributed by atoms with Crippen LogP contribution in [0.15, 0.2) is 30.5 Å². The van der Waals surface area contributed by atoms with E-state index >= 15 is 0 Å². The van der Waals surface area contributed by atoms with Crippen LogP contribution in [0.3, 0.4) is 0 Å². The number of hydrogen-bond donors (Lipinski definition) is 1. The Bertz CT molecular complexity index is 918. The predicted molar refractivity (Wildman–Crippen MR) is 91.0 cm³/mol. The van der Waals surface area contributed by atoms with Crippen molar-refractivity contribution in [2.45, 2.75) is 37.5 Å². The Labute approximate surface area is 157 Å². The summed E-state index contributed by atoms with van der Waals surface area (Å²) >= 11 is 5.70. The largest absolute Gasteiger partial charge is 0.417 e. The van der Waals surface area contributed by atoms with Crippen LogP contribution in [0.2, 0.25) is 5.02 Å². The minimum atomic E-state index is -4.56. The first-order valence-electron chi connectivity index (χ1n) is 8.35. The van der Waals surface area contributed by atoms with Gasteiger partial charge in [-0.05, 0) is 49.1 Å². The van der Waals surface area contributed by atoms with E-state index in [4.69, 9.17) is 11.6 Å². The van der Waals surface area contributed by atoms with E-state index in [0.29, 0.717) is 18.4 Å². The van der Waals surface area contributed by atoms with Gasteiger partial charge in [-0.15, -0.1) is 0 Å².